The van der Waals surface area contributed by atoms with Crippen LogP contribution in [0.15, 0.2) is 75.0 Å². The van der Waals surface area contributed by atoms with E-state index in [-0.39, 0.29) is 11.1 Å². The van der Waals surface area contributed by atoms with Crippen molar-refractivity contribution in [3.8, 4) is 11.3 Å². The van der Waals surface area contributed by atoms with Crippen LogP contribution in [0.4, 0.5) is 0 Å². The number of amidine groups is 1. The minimum Gasteiger partial charge on any atom is -0.457 e. The van der Waals surface area contributed by atoms with E-state index < -0.39 is 5.91 Å². The number of aliphatic imine (C=N–C) groups is 1. The highest BCUT2D eigenvalue weighted by Gasteiger charge is 2.25. The zero-order valence-electron chi connectivity index (χ0n) is 14.7. The summed E-state index contributed by atoms with van der Waals surface area (Å²) in [7, 11) is 0. The lowest BCUT2D eigenvalue weighted by atomic mass is 10.2. The van der Waals surface area contributed by atoms with Gasteiger partial charge in [-0.25, -0.2) is 0 Å². The molecule has 2 amide bonds. The van der Waals surface area contributed by atoms with E-state index in [1.165, 1.54) is 0 Å². The van der Waals surface area contributed by atoms with Crippen molar-refractivity contribution in [1.29, 1.82) is 0 Å². The van der Waals surface area contributed by atoms with Gasteiger partial charge in [-0.2, -0.15) is 4.99 Å². The lowest BCUT2D eigenvalue weighted by molar-refractivity contribution is -0.115. The Labute approximate surface area is 180 Å². The molecule has 0 bridgehead atoms. The molecule has 1 N–H and O–H groups in total. The number of rotatable bonds is 3. The van der Waals surface area contributed by atoms with Gasteiger partial charge in [-0.05, 0) is 48.2 Å². The van der Waals surface area contributed by atoms with Gasteiger partial charge in [-0.15, -0.1) is 0 Å². The van der Waals surface area contributed by atoms with E-state index in [0.29, 0.717) is 37.6 Å². The smallest absolute Gasteiger partial charge is 0.279 e. The van der Waals surface area contributed by atoms with Gasteiger partial charge >= 0.3 is 0 Å². The second-order valence-electron chi connectivity index (χ2n) is 5.96. The molecule has 1 aliphatic heterocycles. The molecule has 0 unspecified atom stereocenters. The summed E-state index contributed by atoms with van der Waals surface area (Å²) in [6, 6.07) is 17.4. The normalized spacial score (nSPS) is 16.4. The molecule has 1 fully saturated rings. The molecule has 0 spiro atoms. The number of hydrogen-bond donors (Lipinski definition) is 1. The van der Waals surface area contributed by atoms with Gasteiger partial charge in [0.05, 0.1) is 15.0 Å². The van der Waals surface area contributed by atoms with E-state index in [1.807, 2.05) is 6.07 Å². The second kappa shape index (κ2) is 8.29. The highest BCUT2D eigenvalue weighted by atomic mass is 35.5. The molecule has 5 nitrogen and oxygen atoms in total. The summed E-state index contributed by atoms with van der Waals surface area (Å²) in [5, 5.41) is 3.63. The van der Waals surface area contributed by atoms with Crippen molar-refractivity contribution >= 4 is 58.0 Å². The Bertz CT molecular complexity index is 1170. The van der Waals surface area contributed by atoms with E-state index in [1.54, 1.807) is 60.7 Å². The number of thioether (sulfide) groups is 1. The number of carbonyl (C=O) groups is 2. The number of hydrogen-bond acceptors (Lipinski definition) is 4. The molecule has 1 aliphatic rings. The number of halogens is 2. The number of nitrogens with one attached hydrogen (secondary N) is 1. The summed E-state index contributed by atoms with van der Waals surface area (Å²) in [4.78, 5) is 28.7. The van der Waals surface area contributed by atoms with Crippen LogP contribution in [0.25, 0.3) is 17.4 Å². The number of amides is 2. The van der Waals surface area contributed by atoms with Crippen LogP contribution in [0.3, 0.4) is 0 Å². The Kier molecular flexibility index (Phi) is 5.58. The number of carbonyl (C=O) groups excluding carboxylic acids is 2. The number of furan rings is 1. The molecule has 1 aromatic heterocycles. The maximum atomic E-state index is 12.2. The van der Waals surface area contributed by atoms with E-state index >= 15 is 0 Å². The third kappa shape index (κ3) is 4.29. The molecule has 0 atom stereocenters. The quantitative estimate of drug-likeness (QED) is 0.531. The topological polar surface area (TPSA) is 71.7 Å². The molecule has 2 aromatic carbocycles. The summed E-state index contributed by atoms with van der Waals surface area (Å²) in [5.74, 6) is 0.212. The molecule has 0 aliphatic carbocycles. The maximum absolute atomic E-state index is 12.2. The first-order valence-corrected chi connectivity index (χ1v) is 10.0. The van der Waals surface area contributed by atoms with Crippen molar-refractivity contribution in [1.82, 2.24) is 5.32 Å². The maximum Gasteiger partial charge on any atom is 0.279 e. The average Bonchev–Trinajstić information content (AvgIpc) is 3.31. The zero-order chi connectivity index (χ0) is 20.4. The molecule has 8 heteroatoms. The summed E-state index contributed by atoms with van der Waals surface area (Å²) < 4.78 is 5.78. The molecule has 3 aromatic rings. The third-order valence-electron chi connectivity index (χ3n) is 3.99. The fourth-order valence-corrected chi connectivity index (χ4v) is 3.81. The van der Waals surface area contributed by atoms with Gasteiger partial charge < -0.3 is 9.73 Å². The summed E-state index contributed by atoms with van der Waals surface area (Å²) in [5.41, 5.74) is 1.10. The van der Waals surface area contributed by atoms with Gasteiger partial charge in [0.25, 0.3) is 11.8 Å². The van der Waals surface area contributed by atoms with Crippen molar-refractivity contribution in [3.63, 3.8) is 0 Å². The Morgan fingerprint density at radius 1 is 1.03 bits per heavy atom. The zero-order valence-corrected chi connectivity index (χ0v) is 17.0. The van der Waals surface area contributed by atoms with Crippen molar-refractivity contribution in [2.45, 2.75) is 0 Å². The molecular weight excluding hydrogens is 431 g/mol. The predicted molar refractivity (Wildman–Crippen MR) is 116 cm³/mol. The van der Waals surface area contributed by atoms with Crippen molar-refractivity contribution < 1.29 is 14.0 Å². The molecule has 4 rings (SSSR count). The minimum absolute atomic E-state index is 0.222. The second-order valence-corrected chi connectivity index (χ2v) is 7.77. The lowest BCUT2D eigenvalue weighted by Gasteiger charge is -2.01. The molecular formula is C21H12Cl2N2O3S. The average molecular weight is 443 g/mol. The first kappa shape index (κ1) is 19.5. The Balaban J connectivity index is 1.54. The van der Waals surface area contributed by atoms with Crippen molar-refractivity contribution in [2.75, 3.05) is 0 Å². The largest absolute Gasteiger partial charge is 0.457 e. The predicted octanol–water partition coefficient (Wildman–Crippen LogP) is 5.65. The van der Waals surface area contributed by atoms with Crippen LogP contribution >= 0.6 is 35.0 Å². The van der Waals surface area contributed by atoms with Gasteiger partial charge in [0.1, 0.15) is 11.5 Å². The van der Waals surface area contributed by atoms with Crippen LogP contribution in [0.5, 0.6) is 0 Å². The van der Waals surface area contributed by atoms with Crippen LogP contribution in [-0.2, 0) is 4.79 Å². The Morgan fingerprint density at radius 3 is 2.62 bits per heavy atom. The van der Waals surface area contributed by atoms with Crippen LogP contribution in [0.2, 0.25) is 10.0 Å². The Hall–Kier alpha value is -2.80. The lowest BCUT2D eigenvalue weighted by Crippen LogP contribution is -2.20. The highest BCUT2D eigenvalue weighted by molar-refractivity contribution is 8.18. The van der Waals surface area contributed by atoms with Crippen molar-refractivity contribution in [3.05, 3.63) is 86.9 Å². The molecule has 0 radical (unpaired) electrons. The fraction of sp³-hybridized carbons (Fsp3) is 0. The Morgan fingerprint density at radius 2 is 1.83 bits per heavy atom. The third-order valence-corrected chi connectivity index (χ3v) is 5.72. The summed E-state index contributed by atoms with van der Waals surface area (Å²) >= 11 is 13.3. The van der Waals surface area contributed by atoms with Crippen LogP contribution in [0, 0.1) is 0 Å². The van der Waals surface area contributed by atoms with E-state index in [9.17, 15) is 9.59 Å². The summed E-state index contributed by atoms with van der Waals surface area (Å²) in [6.45, 7) is 0. The van der Waals surface area contributed by atoms with Gasteiger partial charge in [-0.1, -0.05) is 47.5 Å². The minimum atomic E-state index is -0.425. The van der Waals surface area contributed by atoms with E-state index in [0.717, 1.165) is 11.8 Å². The van der Waals surface area contributed by atoms with Gasteiger partial charge in [0.2, 0.25) is 0 Å². The number of benzene rings is 2. The van der Waals surface area contributed by atoms with E-state index in [2.05, 4.69) is 10.3 Å². The van der Waals surface area contributed by atoms with Gasteiger partial charge in [-0.3, -0.25) is 9.59 Å². The number of nitrogens with zero attached hydrogens (tertiary/aromatic N) is 1. The molecule has 1 saturated heterocycles. The fourth-order valence-electron chi connectivity index (χ4n) is 2.62. The van der Waals surface area contributed by atoms with Gasteiger partial charge in [0, 0.05) is 17.2 Å². The first-order chi connectivity index (χ1) is 14.0. The standard InChI is InChI=1S/C21H12Cl2N2O3S/c22-15-8-4-7-14(18(15)23)16-10-9-13(28-16)11-17-20(27)25-21(29-17)24-19(26)12-5-2-1-3-6-12/h1-11H,(H,24,25,26,27)/b17-11-. The SMILES string of the molecule is O=C1NC(=NC(=O)c2ccccc2)S/C1=C\c1ccc(-c2cccc(Cl)c2Cl)o1. The molecule has 2 heterocycles. The molecule has 0 saturated carbocycles. The molecule has 144 valence electrons. The summed E-state index contributed by atoms with van der Waals surface area (Å²) in [6.07, 6.45) is 1.58. The van der Waals surface area contributed by atoms with Crippen LogP contribution < -0.4 is 5.32 Å². The first-order valence-electron chi connectivity index (χ1n) is 8.44. The van der Waals surface area contributed by atoms with Gasteiger partial charge in [0.15, 0.2) is 5.17 Å². The monoisotopic (exact) mass is 442 g/mol. The van der Waals surface area contributed by atoms with Crippen molar-refractivity contribution in [2.24, 2.45) is 4.99 Å². The van der Waals surface area contributed by atoms with E-state index in [4.69, 9.17) is 27.6 Å². The van der Waals surface area contributed by atoms with Crippen LogP contribution in [-0.4, -0.2) is 17.0 Å². The van der Waals surface area contributed by atoms with Crippen LogP contribution in [0.1, 0.15) is 16.1 Å². The molecule has 29 heavy (non-hydrogen) atoms. The highest BCUT2D eigenvalue weighted by Crippen LogP contribution is 2.35.